The average Bonchev–Trinajstić information content (AvgIpc) is 3.23. The van der Waals surface area contributed by atoms with Gasteiger partial charge in [0.15, 0.2) is 0 Å². The number of nitrogens with zero attached hydrogens (tertiary/aromatic N) is 5. The summed E-state index contributed by atoms with van der Waals surface area (Å²) < 4.78 is 31.6. The minimum absolute atomic E-state index is 0.0707. The van der Waals surface area contributed by atoms with Crippen LogP contribution in [0.1, 0.15) is 49.0 Å². The predicted molar refractivity (Wildman–Crippen MR) is 105 cm³/mol. The van der Waals surface area contributed by atoms with Gasteiger partial charge in [0.2, 0.25) is 0 Å². The summed E-state index contributed by atoms with van der Waals surface area (Å²) in [5, 5.41) is 6.38. The lowest BCUT2D eigenvalue weighted by Crippen LogP contribution is -2.48. The summed E-state index contributed by atoms with van der Waals surface area (Å²) in [5.74, 6) is -1.28. The molecule has 2 fully saturated rings. The standard InChI is InChI=1S/C20H26F2N6O2/c1-13-3-2-6-28(12-13)15-4-7-27(8-5-15)20-25-19(30-26-20)18(29)24-11-17-16(22)9-14(21)10-23-17/h9-10,13,15H,2-8,11-12H2,1H3,(H,24,29)/t13-/m1/s1. The normalized spacial score (nSPS) is 21.0. The molecule has 0 radical (unpaired) electrons. The van der Waals surface area contributed by atoms with Crippen LogP contribution in [0.15, 0.2) is 16.8 Å². The maximum absolute atomic E-state index is 13.6. The molecule has 2 aliphatic heterocycles. The number of nitrogens with one attached hydrogen (secondary N) is 1. The van der Waals surface area contributed by atoms with E-state index in [0.29, 0.717) is 18.1 Å². The van der Waals surface area contributed by atoms with Gasteiger partial charge in [-0.2, -0.15) is 4.98 Å². The van der Waals surface area contributed by atoms with E-state index in [-0.39, 0.29) is 18.1 Å². The van der Waals surface area contributed by atoms with Crippen molar-refractivity contribution < 1.29 is 18.1 Å². The van der Waals surface area contributed by atoms with Gasteiger partial charge in [0, 0.05) is 31.7 Å². The smallest absolute Gasteiger partial charge is 0.317 e. The molecule has 0 saturated carbocycles. The van der Waals surface area contributed by atoms with Crippen LogP contribution in [-0.4, -0.2) is 58.2 Å². The highest BCUT2D eigenvalue weighted by Gasteiger charge is 2.29. The number of pyridine rings is 1. The second-order valence-electron chi connectivity index (χ2n) is 8.12. The zero-order valence-electron chi connectivity index (χ0n) is 17.0. The monoisotopic (exact) mass is 420 g/mol. The van der Waals surface area contributed by atoms with E-state index in [1.54, 1.807) is 0 Å². The third kappa shape index (κ3) is 4.75. The number of carbonyl (C=O) groups is 1. The molecule has 2 aromatic heterocycles. The van der Waals surface area contributed by atoms with Gasteiger partial charge >= 0.3 is 11.8 Å². The average molecular weight is 420 g/mol. The summed E-state index contributed by atoms with van der Waals surface area (Å²) >= 11 is 0. The number of likely N-dealkylation sites (tertiary alicyclic amines) is 1. The Hall–Kier alpha value is -2.62. The molecule has 1 amide bonds. The van der Waals surface area contributed by atoms with Crippen molar-refractivity contribution in [2.45, 2.75) is 45.2 Å². The van der Waals surface area contributed by atoms with Crippen molar-refractivity contribution in [2.75, 3.05) is 31.1 Å². The highest BCUT2D eigenvalue weighted by atomic mass is 19.1. The molecule has 162 valence electrons. The highest BCUT2D eigenvalue weighted by molar-refractivity contribution is 5.89. The summed E-state index contributed by atoms with van der Waals surface area (Å²) in [6.45, 7) is 6.06. The first-order valence-electron chi connectivity index (χ1n) is 10.4. The zero-order valence-corrected chi connectivity index (χ0v) is 17.0. The molecule has 2 aromatic rings. The number of carbonyl (C=O) groups excluding carboxylic acids is 1. The number of rotatable bonds is 5. The van der Waals surface area contributed by atoms with E-state index in [9.17, 15) is 13.6 Å². The Bertz CT molecular complexity index is 884. The van der Waals surface area contributed by atoms with E-state index in [1.165, 1.54) is 25.9 Å². The maximum Gasteiger partial charge on any atom is 0.317 e. The van der Waals surface area contributed by atoms with Crippen molar-refractivity contribution in [3.05, 3.63) is 35.5 Å². The van der Waals surface area contributed by atoms with E-state index in [2.05, 4.69) is 32.3 Å². The van der Waals surface area contributed by atoms with Crippen LogP contribution in [0.25, 0.3) is 0 Å². The minimum Gasteiger partial charge on any atom is -0.342 e. The summed E-state index contributed by atoms with van der Waals surface area (Å²) in [4.78, 5) is 24.7. The Morgan fingerprint density at radius 3 is 2.80 bits per heavy atom. The molecule has 0 unspecified atom stereocenters. The van der Waals surface area contributed by atoms with Gasteiger partial charge in [-0.1, -0.05) is 6.92 Å². The molecule has 2 saturated heterocycles. The summed E-state index contributed by atoms with van der Waals surface area (Å²) in [5.41, 5.74) is -0.0707. The summed E-state index contributed by atoms with van der Waals surface area (Å²) in [6, 6.07) is 1.30. The molecular weight excluding hydrogens is 394 g/mol. The Kier molecular flexibility index (Phi) is 6.21. The van der Waals surface area contributed by atoms with E-state index >= 15 is 0 Å². The van der Waals surface area contributed by atoms with Gasteiger partial charge in [0.25, 0.3) is 5.95 Å². The van der Waals surface area contributed by atoms with E-state index < -0.39 is 17.5 Å². The lowest BCUT2D eigenvalue weighted by atomic mass is 9.95. The van der Waals surface area contributed by atoms with Crippen LogP contribution in [0.4, 0.5) is 14.7 Å². The van der Waals surface area contributed by atoms with Crippen LogP contribution >= 0.6 is 0 Å². The maximum atomic E-state index is 13.6. The van der Waals surface area contributed by atoms with Gasteiger partial charge in [0.05, 0.1) is 18.4 Å². The van der Waals surface area contributed by atoms with Crippen LogP contribution < -0.4 is 10.2 Å². The lowest BCUT2D eigenvalue weighted by Gasteiger charge is -2.41. The number of aromatic nitrogens is 3. The van der Waals surface area contributed by atoms with Crippen molar-refractivity contribution in [1.29, 1.82) is 0 Å². The van der Waals surface area contributed by atoms with E-state index in [4.69, 9.17) is 4.52 Å². The molecule has 4 rings (SSSR count). The van der Waals surface area contributed by atoms with Gasteiger partial charge in [-0.05, 0) is 43.3 Å². The number of anilines is 1. The van der Waals surface area contributed by atoms with Crippen molar-refractivity contribution in [1.82, 2.24) is 25.3 Å². The van der Waals surface area contributed by atoms with Crippen LogP contribution in [0.2, 0.25) is 0 Å². The quantitative estimate of drug-likeness (QED) is 0.795. The molecule has 30 heavy (non-hydrogen) atoms. The minimum atomic E-state index is -0.826. The fourth-order valence-electron chi connectivity index (χ4n) is 4.24. The number of amides is 1. The van der Waals surface area contributed by atoms with Crippen LogP contribution in [0, 0.1) is 17.6 Å². The van der Waals surface area contributed by atoms with E-state index in [1.807, 2.05) is 4.90 Å². The molecule has 10 heteroatoms. The highest BCUT2D eigenvalue weighted by Crippen LogP contribution is 2.25. The van der Waals surface area contributed by atoms with Gasteiger partial charge in [-0.15, -0.1) is 0 Å². The van der Waals surface area contributed by atoms with Crippen LogP contribution in [-0.2, 0) is 6.54 Å². The first kappa shape index (κ1) is 20.6. The molecule has 8 nitrogen and oxygen atoms in total. The van der Waals surface area contributed by atoms with Crippen molar-refractivity contribution in [3.8, 4) is 0 Å². The summed E-state index contributed by atoms with van der Waals surface area (Å²) in [7, 11) is 0. The molecule has 1 N–H and O–H groups in total. The molecule has 0 spiro atoms. The third-order valence-electron chi connectivity index (χ3n) is 5.86. The van der Waals surface area contributed by atoms with Gasteiger partial charge in [-0.3, -0.25) is 14.7 Å². The Labute approximate surface area is 173 Å². The van der Waals surface area contributed by atoms with Crippen LogP contribution in [0.3, 0.4) is 0 Å². The first-order valence-corrected chi connectivity index (χ1v) is 10.4. The summed E-state index contributed by atoms with van der Waals surface area (Å²) in [6.07, 6.45) is 5.52. The van der Waals surface area contributed by atoms with Gasteiger partial charge in [-0.25, -0.2) is 8.78 Å². The Balaban J connectivity index is 1.29. The predicted octanol–water partition coefficient (Wildman–Crippen LogP) is 2.37. The van der Waals surface area contributed by atoms with Crippen molar-refractivity contribution in [2.24, 2.45) is 5.92 Å². The molecule has 0 bridgehead atoms. The van der Waals surface area contributed by atoms with Crippen LogP contribution in [0.5, 0.6) is 0 Å². The molecule has 2 aliphatic rings. The molecule has 0 aliphatic carbocycles. The van der Waals surface area contributed by atoms with Crippen molar-refractivity contribution >= 4 is 11.9 Å². The first-order chi connectivity index (χ1) is 14.5. The number of hydrogen-bond acceptors (Lipinski definition) is 7. The Morgan fingerprint density at radius 1 is 1.27 bits per heavy atom. The molecule has 1 atom stereocenters. The third-order valence-corrected chi connectivity index (χ3v) is 5.86. The SMILES string of the molecule is C[C@@H]1CCCN(C2CCN(c3noc(C(=O)NCc4ncc(F)cc4F)n3)CC2)C1. The van der Waals surface area contributed by atoms with Gasteiger partial charge < -0.3 is 14.7 Å². The topological polar surface area (TPSA) is 87.4 Å². The fourth-order valence-corrected chi connectivity index (χ4v) is 4.24. The largest absolute Gasteiger partial charge is 0.342 e. The zero-order chi connectivity index (χ0) is 21.1. The molecule has 0 aromatic carbocycles. The second kappa shape index (κ2) is 9.03. The fraction of sp³-hybridized carbons (Fsp3) is 0.600. The molecule has 4 heterocycles. The number of piperidine rings is 2. The van der Waals surface area contributed by atoms with Gasteiger partial charge in [0.1, 0.15) is 11.6 Å². The van der Waals surface area contributed by atoms with Crippen molar-refractivity contribution in [3.63, 3.8) is 0 Å². The second-order valence-corrected chi connectivity index (χ2v) is 8.12. The Morgan fingerprint density at radius 2 is 2.07 bits per heavy atom. The number of halogens is 2. The number of hydrogen-bond donors (Lipinski definition) is 1. The van der Waals surface area contributed by atoms with E-state index in [0.717, 1.165) is 38.0 Å². The molecular formula is C20H26F2N6O2. The lowest BCUT2D eigenvalue weighted by molar-refractivity contribution is 0.0906.